The van der Waals surface area contributed by atoms with Gasteiger partial charge in [0.25, 0.3) is 11.5 Å². The number of hydrogen-bond donors (Lipinski definition) is 1. The number of amides is 1. The van der Waals surface area contributed by atoms with Crippen LogP contribution < -0.4 is 5.56 Å². The Labute approximate surface area is 174 Å². The summed E-state index contributed by atoms with van der Waals surface area (Å²) in [6, 6.07) is 14.9. The van der Waals surface area contributed by atoms with Crippen LogP contribution in [0, 0.1) is 6.92 Å². The number of fused-ring (bicyclic) bond motifs is 1. The van der Waals surface area contributed by atoms with E-state index in [1.54, 1.807) is 29.2 Å². The number of aryl methyl sites for hydroxylation is 1. The van der Waals surface area contributed by atoms with Gasteiger partial charge in [-0.15, -0.1) is 0 Å². The van der Waals surface area contributed by atoms with E-state index in [1.165, 1.54) is 0 Å². The van der Waals surface area contributed by atoms with Gasteiger partial charge in [0, 0.05) is 18.5 Å². The van der Waals surface area contributed by atoms with Crippen molar-refractivity contribution < 1.29 is 14.3 Å². The Morgan fingerprint density at radius 2 is 1.77 bits per heavy atom. The van der Waals surface area contributed by atoms with Crippen LogP contribution in [0.15, 0.2) is 53.3 Å². The number of carbonyl (C=O) groups excluding carboxylic acids is 2. The van der Waals surface area contributed by atoms with Crippen LogP contribution in [0.2, 0.25) is 0 Å². The van der Waals surface area contributed by atoms with Gasteiger partial charge in [-0.05, 0) is 25.0 Å². The first kappa shape index (κ1) is 21.2. The minimum absolute atomic E-state index is 0.129. The molecule has 7 nitrogen and oxygen atoms in total. The zero-order valence-electron chi connectivity index (χ0n) is 17.2. The van der Waals surface area contributed by atoms with E-state index < -0.39 is 5.97 Å². The third-order valence-corrected chi connectivity index (χ3v) is 4.78. The van der Waals surface area contributed by atoms with Crippen molar-refractivity contribution in [2.45, 2.75) is 33.2 Å². The van der Waals surface area contributed by atoms with E-state index in [2.05, 4.69) is 10.2 Å². The number of carbonyl (C=O) groups is 2. The molecule has 30 heavy (non-hydrogen) atoms. The molecule has 0 spiro atoms. The fraction of sp³-hybridized carbons (Fsp3) is 0.304. The largest absolute Gasteiger partial charge is 0.455 e. The van der Waals surface area contributed by atoms with E-state index in [0.29, 0.717) is 29.6 Å². The second kappa shape index (κ2) is 9.82. The number of ether oxygens (including phenoxy) is 1. The summed E-state index contributed by atoms with van der Waals surface area (Å²) >= 11 is 0. The molecule has 0 fully saturated rings. The third kappa shape index (κ3) is 5.31. The third-order valence-electron chi connectivity index (χ3n) is 4.78. The number of rotatable bonds is 8. The quantitative estimate of drug-likeness (QED) is 0.580. The smallest absolute Gasteiger partial charge is 0.312 e. The van der Waals surface area contributed by atoms with Gasteiger partial charge in [0.05, 0.1) is 17.5 Å². The molecule has 0 aliphatic rings. The second-order valence-electron chi connectivity index (χ2n) is 7.18. The van der Waals surface area contributed by atoms with Crippen LogP contribution in [0.25, 0.3) is 10.8 Å². The first-order valence-electron chi connectivity index (χ1n) is 9.93. The summed E-state index contributed by atoms with van der Waals surface area (Å²) in [7, 11) is 0. The summed E-state index contributed by atoms with van der Waals surface area (Å²) in [4.78, 5) is 38.4. The molecule has 1 amide bonds. The van der Waals surface area contributed by atoms with Crippen molar-refractivity contribution in [2.24, 2.45) is 0 Å². The molecule has 0 saturated heterocycles. The average Bonchev–Trinajstić information content (AvgIpc) is 2.75. The molecule has 0 atom stereocenters. The number of aromatic amines is 1. The van der Waals surface area contributed by atoms with E-state index in [0.717, 1.165) is 17.5 Å². The zero-order chi connectivity index (χ0) is 21.5. The van der Waals surface area contributed by atoms with Gasteiger partial charge in [0.2, 0.25) is 0 Å². The van der Waals surface area contributed by atoms with Crippen molar-refractivity contribution in [3.63, 3.8) is 0 Å². The van der Waals surface area contributed by atoms with Crippen LogP contribution in [0.5, 0.6) is 0 Å². The van der Waals surface area contributed by atoms with Gasteiger partial charge in [0.1, 0.15) is 0 Å². The molecule has 0 aliphatic heterocycles. The number of esters is 1. The van der Waals surface area contributed by atoms with Crippen LogP contribution in [0.3, 0.4) is 0 Å². The molecule has 0 saturated carbocycles. The van der Waals surface area contributed by atoms with Gasteiger partial charge in [-0.2, -0.15) is 5.10 Å². The number of hydrogen-bond acceptors (Lipinski definition) is 5. The van der Waals surface area contributed by atoms with Crippen molar-refractivity contribution in [3.8, 4) is 0 Å². The molecular formula is C23H25N3O4. The molecule has 3 rings (SSSR count). The maximum Gasteiger partial charge on any atom is 0.312 e. The van der Waals surface area contributed by atoms with Crippen LogP contribution in [0.4, 0.5) is 0 Å². The lowest BCUT2D eigenvalue weighted by atomic mass is 10.1. The lowest BCUT2D eigenvalue weighted by molar-refractivity contribution is -0.151. The van der Waals surface area contributed by atoms with E-state index in [4.69, 9.17) is 4.74 Å². The Bertz CT molecular complexity index is 1090. The zero-order valence-corrected chi connectivity index (χ0v) is 17.2. The van der Waals surface area contributed by atoms with Crippen molar-refractivity contribution in [1.82, 2.24) is 15.1 Å². The molecule has 1 aromatic heterocycles. The van der Waals surface area contributed by atoms with E-state index >= 15 is 0 Å². The standard InChI is InChI=1S/C23H25N3O4/c1-3-12-26(14-17-10-8-16(2)9-11-17)21(27)15-30-22(28)13-20-18-6-4-5-7-19(18)23(29)25-24-20/h4-11H,3,12-15H2,1-2H3,(H,25,29). The SMILES string of the molecule is CCCN(Cc1ccc(C)cc1)C(=O)COC(=O)Cc1n[nH]c(=O)c2ccccc12. The molecular weight excluding hydrogens is 382 g/mol. The van der Waals surface area contributed by atoms with Gasteiger partial charge in [-0.25, -0.2) is 5.10 Å². The summed E-state index contributed by atoms with van der Waals surface area (Å²) < 4.78 is 5.21. The molecule has 0 aliphatic carbocycles. The fourth-order valence-electron chi connectivity index (χ4n) is 3.20. The number of H-pyrrole nitrogens is 1. The molecule has 0 radical (unpaired) electrons. The van der Waals surface area contributed by atoms with Gasteiger partial charge >= 0.3 is 5.97 Å². The van der Waals surface area contributed by atoms with Gasteiger partial charge in [0.15, 0.2) is 6.61 Å². The maximum atomic E-state index is 12.6. The summed E-state index contributed by atoms with van der Waals surface area (Å²) in [5.74, 6) is -0.815. The van der Waals surface area contributed by atoms with Gasteiger partial charge < -0.3 is 9.64 Å². The van der Waals surface area contributed by atoms with Crippen LogP contribution in [-0.2, 0) is 27.3 Å². The monoisotopic (exact) mass is 407 g/mol. The fourth-order valence-corrected chi connectivity index (χ4v) is 3.20. The van der Waals surface area contributed by atoms with Crippen molar-refractivity contribution in [1.29, 1.82) is 0 Å². The van der Waals surface area contributed by atoms with E-state index in [1.807, 2.05) is 38.1 Å². The van der Waals surface area contributed by atoms with Crippen molar-refractivity contribution in [3.05, 3.63) is 75.7 Å². The lowest BCUT2D eigenvalue weighted by Crippen LogP contribution is -2.35. The normalized spacial score (nSPS) is 10.7. The summed E-state index contributed by atoms with van der Waals surface area (Å²) in [5.41, 5.74) is 2.28. The topological polar surface area (TPSA) is 92.4 Å². The first-order valence-corrected chi connectivity index (χ1v) is 9.93. The highest BCUT2D eigenvalue weighted by Crippen LogP contribution is 2.13. The summed E-state index contributed by atoms with van der Waals surface area (Å²) in [6.45, 7) is 4.73. The Kier molecular flexibility index (Phi) is 6.95. The highest BCUT2D eigenvalue weighted by atomic mass is 16.5. The maximum absolute atomic E-state index is 12.6. The molecule has 0 bridgehead atoms. The Balaban J connectivity index is 1.61. The lowest BCUT2D eigenvalue weighted by Gasteiger charge is -2.22. The van der Waals surface area contributed by atoms with Gasteiger partial charge in [-0.1, -0.05) is 55.0 Å². The van der Waals surface area contributed by atoms with E-state index in [9.17, 15) is 14.4 Å². The minimum Gasteiger partial charge on any atom is -0.455 e. The molecule has 1 heterocycles. The first-order chi connectivity index (χ1) is 14.5. The number of nitrogens with one attached hydrogen (secondary N) is 1. The van der Waals surface area contributed by atoms with Crippen molar-refractivity contribution >= 4 is 22.6 Å². The predicted octanol–water partition coefficient (Wildman–Crippen LogP) is 2.76. The second-order valence-corrected chi connectivity index (χ2v) is 7.18. The predicted molar refractivity (Wildman–Crippen MR) is 114 cm³/mol. The average molecular weight is 407 g/mol. The Hall–Kier alpha value is -3.48. The summed E-state index contributed by atoms with van der Waals surface area (Å²) in [6.07, 6.45) is 0.676. The Morgan fingerprint density at radius 1 is 1.07 bits per heavy atom. The van der Waals surface area contributed by atoms with Crippen LogP contribution >= 0.6 is 0 Å². The van der Waals surface area contributed by atoms with Gasteiger partial charge in [-0.3, -0.25) is 14.4 Å². The molecule has 2 aromatic carbocycles. The number of nitrogens with zero attached hydrogens (tertiary/aromatic N) is 2. The van der Waals surface area contributed by atoms with Crippen LogP contribution in [0.1, 0.15) is 30.2 Å². The van der Waals surface area contributed by atoms with Crippen LogP contribution in [-0.4, -0.2) is 40.1 Å². The Morgan fingerprint density at radius 3 is 2.47 bits per heavy atom. The highest BCUT2D eigenvalue weighted by Gasteiger charge is 2.17. The molecule has 0 unspecified atom stereocenters. The molecule has 1 N–H and O–H groups in total. The number of benzene rings is 2. The van der Waals surface area contributed by atoms with E-state index in [-0.39, 0.29) is 24.5 Å². The summed E-state index contributed by atoms with van der Waals surface area (Å²) in [5, 5.41) is 7.41. The number of aromatic nitrogens is 2. The molecule has 7 heteroatoms. The highest BCUT2D eigenvalue weighted by molar-refractivity contribution is 5.87. The molecule has 156 valence electrons. The molecule has 3 aromatic rings. The van der Waals surface area contributed by atoms with Crippen molar-refractivity contribution in [2.75, 3.05) is 13.2 Å². The minimum atomic E-state index is -0.570.